The first-order valence-corrected chi connectivity index (χ1v) is 8.68. The SMILES string of the molecule is Cc1ccc(C(CCl)(CCl)Cc2ccc(I)cc2)cc1. The van der Waals surface area contributed by atoms with E-state index in [9.17, 15) is 0 Å². The monoisotopic (exact) mass is 418 g/mol. The van der Waals surface area contributed by atoms with Gasteiger partial charge in [0.2, 0.25) is 0 Å². The predicted molar refractivity (Wildman–Crippen MR) is 97.2 cm³/mol. The van der Waals surface area contributed by atoms with Crippen molar-refractivity contribution in [2.75, 3.05) is 11.8 Å². The molecule has 3 heteroatoms. The summed E-state index contributed by atoms with van der Waals surface area (Å²) in [5, 5.41) is 0. The molecule has 0 heterocycles. The highest BCUT2D eigenvalue weighted by atomic mass is 127. The smallest absolute Gasteiger partial charge is 0.0335 e. The van der Waals surface area contributed by atoms with Gasteiger partial charge in [0.25, 0.3) is 0 Å². The van der Waals surface area contributed by atoms with Crippen LogP contribution < -0.4 is 0 Å². The summed E-state index contributed by atoms with van der Waals surface area (Å²) < 4.78 is 1.24. The highest BCUT2D eigenvalue weighted by Crippen LogP contribution is 2.32. The molecular weight excluding hydrogens is 402 g/mol. The molecule has 2 aromatic rings. The van der Waals surface area contributed by atoms with Gasteiger partial charge in [-0.2, -0.15) is 0 Å². The Labute approximate surface area is 144 Å². The van der Waals surface area contributed by atoms with Crippen molar-refractivity contribution < 1.29 is 0 Å². The van der Waals surface area contributed by atoms with Crippen LogP contribution in [0, 0.1) is 10.5 Å². The van der Waals surface area contributed by atoms with Crippen LogP contribution in [0.5, 0.6) is 0 Å². The van der Waals surface area contributed by atoms with Gasteiger partial charge in [-0.1, -0.05) is 42.0 Å². The summed E-state index contributed by atoms with van der Waals surface area (Å²) in [6.45, 7) is 2.09. The molecule has 106 valence electrons. The Kier molecular flexibility index (Phi) is 5.76. The van der Waals surface area contributed by atoms with Crippen molar-refractivity contribution in [2.45, 2.75) is 18.8 Å². The lowest BCUT2D eigenvalue weighted by molar-refractivity contribution is 0.536. The van der Waals surface area contributed by atoms with Crippen molar-refractivity contribution in [2.24, 2.45) is 0 Å². The Morgan fingerprint density at radius 1 is 0.900 bits per heavy atom. The van der Waals surface area contributed by atoms with Crippen LogP contribution in [0.15, 0.2) is 48.5 Å². The zero-order valence-electron chi connectivity index (χ0n) is 11.4. The summed E-state index contributed by atoms with van der Waals surface area (Å²) in [5.74, 6) is 1.04. The van der Waals surface area contributed by atoms with E-state index in [0.717, 1.165) is 6.42 Å². The van der Waals surface area contributed by atoms with E-state index in [-0.39, 0.29) is 5.41 Å². The second-order valence-corrected chi connectivity index (χ2v) is 7.00. The quantitative estimate of drug-likeness (QED) is 0.440. The molecule has 0 atom stereocenters. The molecule has 2 aromatic carbocycles. The Morgan fingerprint density at radius 3 is 1.95 bits per heavy atom. The second kappa shape index (κ2) is 7.15. The molecule has 2 rings (SSSR count). The van der Waals surface area contributed by atoms with Gasteiger partial charge in [0, 0.05) is 20.7 Å². The standard InChI is InChI=1S/C17H17Cl2I/c1-13-2-6-15(7-3-13)17(11-18,12-19)10-14-4-8-16(20)9-5-14/h2-9H,10-12H2,1H3. The molecule has 0 nitrogen and oxygen atoms in total. The number of hydrogen-bond acceptors (Lipinski definition) is 0. The van der Waals surface area contributed by atoms with E-state index in [0.29, 0.717) is 11.8 Å². The summed E-state index contributed by atoms with van der Waals surface area (Å²) in [7, 11) is 0. The van der Waals surface area contributed by atoms with Crippen molar-refractivity contribution in [3.05, 3.63) is 68.8 Å². The van der Waals surface area contributed by atoms with Crippen molar-refractivity contribution >= 4 is 45.8 Å². The first-order valence-electron chi connectivity index (χ1n) is 6.53. The van der Waals surface area contributed by atoms with Gasteiger partial charge < -0.3 is 0 Å². The average Bonchev–Trinajstić information content (AvgIpc) is 2.48. The van der Waals surface area contributed by atoms with Crippen LogP contribution in [-0.4, -0.2) is 11.8 Å². The van der Waals surface area contributed by atoms with Crippen molar-refractivity contribution in [1.29, 1.82) is 0 Å². The van der Waals surface area contributed by atoms with Crippen LogP contribution in [-0.2, 0) is 11.8 Å². The molecule has 20 heavy (non-hydrogen) atoms. The minimum absolute atomic E-state index is 0.205. The molecule has 0 bridgehead atoms. The minimum Gasteiger partial charge on any atom is -0.126 e. The average molecular weight is 419 g/mol. The van der Waals surface area contributed by atoms with E-state index in [1.165, 1.54) is 20.3 Å². The number of aryl methyl sites for hydroxylation is 1. The van der Waals surface area contributed by atoms with E-state index < -0.39 is 0 Å². The summed E-state index contributed by atoms with van der Waals surface area (Å²) in [6, 6.07) is 17.1. The lowest BCUT2D eigenvalue weighted by Gasteiger charge is -2.30. The molecular formula is C17H17Cl2I. The molecule has 0 amide bonds. The molecule has 0 spiro atoms. The van der Waals surface area contributed by atoms with Gasteiger partial charge in [-0.3, -0.25) is 0 Å². The van der Waals surface area contributed by atoms with Gasteiger partial charge in [0.05, 0.1) is 0 Å². The molecule has 0 N–H and O–H groups in total. The Bertz CT molecular complexity index is 542. The van der Waals surface area contributed by atoms with Crippen LogP contribution in [0.25, 0.3) is 0 Å². The third-order valence-electron chi connectivity index (χ3n) is 3.63. The Hall–Kier alpha value is -0.250. The van der Waals surface area contributed by atoms with Gasteiger partial charge >= 0.3 is 0 Å². The lowest BCUT2D eigenvalue weighted by atomic mass is 9.78. The zero-order chi connectivity index (χ0) is 14.6. The maximum atomic E-state index is 6.29. The van der Waals surface area contributed by atoms with Crippen LogP contribution in [0.1, 0.15) is 16.7 Å². The Balaban J connectivity index is 2.33. The van der Waals surface area contributed by atoms with E-state index in [4.69, 9.17) is 23.2 Å². The fraction of sp³-hybridized carbons (Fsp3) is 0.294. The first-order chi connectivity index (χ1) is 9.59. The van der Waals surface area contributed by atoms with Crippen LogP contribution >= 0.6 is 45.8 Å². The van der Waals surface area contributed by atoms with Crippen molar-refractivity contribution in [3.8, 4) is 0 Å². The maximum absolute atomic E-state index is 6.29. The fourth-order valence-electron chi connectivity index (χ4n) is 2.29. The molecule has 0 aliphatic heterocycles. The molecule has 0 saturated heterocycles. The molecule has 0 unspecified atom stereocenters. The highest BCUT2D eigenvalue weighted by Gasteiger charge is 2.30. The fourth-order valence-corrected chi connectivity index (χ4v) is 3.43. The third kappa shape index (κ3) is 3.69. The lowest BCUT2D eigenvalue weighted by Crippen LogP contribution is -2.33. The van der Waals surface area contributed by atoms with Gasteiger partial charge in [-0.05, 0) is 59.2 Å². The summed E-state index contributed by atoms with van der Waals surface area (Å²) in [4.78, 5) is 0. The molecule has 0 radical (unpaired) electrons. The molecule has 0 saturated carbocycles. The number of hydrogen-bond donors (Lipinski definition) is 0. The summed E-state index contributed by atoms with van der Waals surface area (Å²) >= 11 is 14.9. The van der Waals surface area contributed by atoms with Gasteiger partial charge in [0.15, 0.2) is 0 Å². The van der Waals surface area contributed by atoms with E-state index in [2.05, 4.69) is 78.0 Å². The third-order valence-corrected chi connectivity index (χ3v) is 5.37. The molecule has 0 fully saturated rings. The first kappa shape index (κ1) is 16.1. The normalized spacial score (nSPS) is 11.6. The van der Waals surface area contributed by atoms with Crippen molar-refractivity contribution in [1.82, 2.24) is 0 Å². The van der Waals surface area contributed by atoms with E-state index in [1.54, 1.807) is 0 Å². The largest absolute Gasteiger partial charge is 0.126 e. The minimum atomic E-state index is -0.205. The topological polar surface area (TPSA) is 0 Å². The predicted octanol–water partition coefficient (Wildman–Crippen LogP) is 5.56. The molecule has 0 aliphatic carbocycles. The number of benzene rings is 2. The number of halogens is 3. The van der Waals surface area contributed by atoms with Crippen molar-refractivity contribution in [3.63, 3.8) is 0 Å². The van der Waals surface area contributed by atoms with Gasteiger partial charge in [-0.25, -0.2) is 0 Å². The summed E-state index contributed by atoms with van der Waals surface area (Å²) in [5.41, 5.74) is 3.53. The van der Waals surface area contributed by atoms with E-state index in [1.807, 2.05) is 0 Å². The molecule has 0 aliphatic rings. The summed E-state index contributed by atoms with van der Waals surface area (Å²) in [6.07, 6.45) is 0.861. The second-order valence-electron chi connectivity index (χ2n) is 5.22. The van der Waals surface area contributed by atoms with Crippen LogP contribution in [0.4, 0.5) is 0 Å². The highest BCUT2D eigenvalue weighted by molar-refractivity contribution is 14.1. The van der Waals surface area contributed by atoms with Crippen LogP contribution in [0.3, 0.4) is 0 Å². The van der Waals surface area contributed by atoms with Gasteiger partial charge in [-0.15, -0.1) is 23.2 Å². The molecule has 0 aromatic heterocycles. The maximum Gasteiger partial charge on any atom is 0.0335 e. The Morgan fingerprint density at radius 2 is 1.45 bits per heavy atom. The number of rotatable bonds is 5. The van der Waals surface area contributed by atoms with Crippen LogP contribution in [0.2, 0.25) is 0 Å². The van der Waals surface area contributed by atoms with E-state index >= 15 is 0 Å². The number of alkyl halides is 2. The zero-order valence-corrected chi connectivity index (χ0v) is 15.0. The van der Waals surface area contributed by atoms with Gasteiger partial charge in [0.1, 0.15) is 0 Å².